The van der Waals surface area contributed by atoms with E-state index in [1.54, 1.807) is 12.1 Å². The third-order valence-corrected chi connectivity index (χ3v) is 5.22. The van der Waals surface area contributed by atoms with Crippen LogP contribution in [-0.4, -0.2) is 42.6 Å². The second kappa shape index (κ2) is 7.42. The molecule has 1 saturated heterocycles. The van der Waals surface area contributed by atoms with Crippen LogP contribution in [0.3, 0.4) is 0 Å². The lowest BCUT2D eigenvalue weighted by Crippen LogP contribution is -2.47. The molecule has 4 rings (SSSR count). The van der Waals surface area contributed by atoms with Crippen molar-refractivity contribution in [2.75, 3.05) is 37.6 Å². The van der Waals surface area contributed by atoms with E-state index in [0.717, 1.165) is 55.9 Å². The first kappa shape index (κ1) is 17.0. The summed E-state index contributed by atoms with van der Waals surface area (Å²) in [5, 5.41) is 1.22. The van der Waals surface area contributed by atoms with E-state index in [9.17, 15) is 4.39 Å². The third kappa shape index (κ3) is 3.56. The Morgan fingerprint density at radius 3 is 2.54 bits per heavy atom. The number of rotatable bonds is 4. The lowest BCUT2D eigenvalue weighted by atomic mass is 10.1. The highest BCUT2D eigenvalue weighted by atomic mass is 19.1. The van der Waals surface area contributed by atoms with E-state index in [4.69, 9.17) is 0 Å². The second-order valence-corrected chi connectivity index (χ2v) is 6.97. The molecule has 134 valence electrons. The van der Waals surface area contributed by atoms with Gasteiger partial charge in [0.15, 0.2) is 0 Å². The molecule has 0 amide bonds. The Kier molecular flexibility index (Phi) is 4.85. The molecule has 0 atom stereocenters. The largest absolute Gasteiger partial charge is 0.368 e. The van der Waals surface area contributed by atoms with Crippen molar-refractivity contribution >= 4 is 16.6 Å². The highest BCUT2D eigenvalue weighted by molar-refractivity contribution is 5.92. The SMILES string of the molecule is Cc1ccc2c(N3CCN(CCc4ccccc4F)CC3)cccc2n1. The number of aryl methyl sites for hydroxylation is 1. The zero-order valence-electron chi connectivity index (χ0n) is 15.2. The van der Waals surface area contributed by atoms with Crippen LogP contribution in [0.1, 0.15) is 11.3 Å². The molecule has 2 aromatic carbocycles. The Morgan fingerprint density at radius 2 is 1.73 bits per heavy atom. The van der Waals surface area contributed by atoms with Gasteiger partial charge in [-0.3, -0.25) is 9.88 Å². The normalized spacial score (nSPS) is 15.5. The molecule has 26 heavy (non-hydrogen) atoms. The third-order valence-electron chi connectivity index (χ3n) is 5.22. The topological polar surface area (TPSA) is 19.4 Å². The monoisotopic (exact) mass is 349 g/mol. The fourth-order valence-electron chi connectivity index (χ4n) is 3.71. The van der Waals surface area contributed by atoms with Gasteiger partial charge in [0.25, 0.3) is 0 Å². The molecule has 1 fully saturated rings. The maximum Gasteiger partial charge on any atom is 0.126 e. The van der Waals surface area contributed by atoms with Crippen LogP contribution in [0.5, 0.6) is 0 Å². The summed E-state index contributed by atoms with van der Waals surface area (Å²) in [6, 6.07) is 17.7. The van der Waals surface area contributed by atoms with Crippen LogP contribution in [0.25, 0.3) is 10.9 Å². The summed E-state index contributed by atoms with van der Waals surface area (Å²) >= 11 is 0. The van der Waals surface area contributed by atoms with E-state index < -0.39 is 0 Å². The van der Waals surface area contributed by atoms with Crippen LogP contribution in [-0.2, 0) is 6.42 Å². The maximum atomic E-state index is 13.8. The number of aromatic nitrogens is 1. The molecule has 1 aliphatic rings. The molecule has 3 aromatic rings. The molecule has 1 aromatic heterocycles. The average Bonchev–Trinajstić information content (AvgIpc) is 2.67. The van der Waals surface area contributed by atoms with Crippen LogP contribution in [0.4, 0.5) is 10.1 Å². The first-order valence-electron chi connectivity index (χ1n) is 9.28. The van der Waals surface area contributed by atoms with Gasteiger partial charge >= 0.3 is 0 Å². The molecule has 0 N–H and O–H groups in total. The van der Waals surface area contributed by atoms with Gasteiger partial charge in [-0.1, -0.05) is 24.3 Å². The van der Waals surface area contributed by atoms with Crippen LogP contribution in [0, 0.1) is 12.7 Å². The van der Waals surface area contributed by atoms with Crippen molar-refractivity contribution in [3.05, 3.63) is 71.7 Å². The van der Waals surface area contributed by atoms with Gasteiger partial charge in [0.05, 0.1) is 5.52 Å². The lowest BCUT2D eigenvalue weighted by Gasteiger charge is -2.36. The van der Waals surface area contributed by atoms with E-state index in [1.807, 2.05) is 19.1 Å². The van der Waals surface area contributed by atoms with Crippen molar-refractivity contribution < 1.29 is 4.39 Å². The van der Waals surface area contributed by atoms with Crippen molar-refractivity contribution in [2.24, 2.45) is 0 Å². The molecule has 0 bridgehead atoms. The molecule has 0 aliphatic carbocycles. The molecular weight excluding hydrogens is 325 g/mol. The highest BCUT2D eigenvalue weighted by Gasteiger charge is 2.19. The summed E-state index contributed by atoms with van der Waals surface area (Å²) in [4.78, 5) is 9.52. The number of benzene rings is 2. The first-order chi connectivity index (χ1) is 12.7. The van der Waals surface area contributed by atoms with E-state index >= 15 is 0 Å². The number of piperazine rings is 1. The summed E-state index contributed by atoms with van der Waals surface area (Å²) in [7, 11) is 0. The number of fused-ring (bicyclic) bond motifs is 1. The van der Waals surface area contributed by atoms with Crippen molar-refractivity contribution in [1.82, 2.24) is 9.88 Å². The molecule has 4 heteroatoms. The number of halogens is 1. The zero-order valence-corrected chi connectivity index (χ0v) is 15.2. The van der Waals surface area contributed by atoms with Crippen LogP contribution < -0.4 is 4.90 Å². The quantitative estimate of drug-likeness (QED) is 0.708. The van der Waals surface area contributed by atoms with Crippen LogP contribution in [0.2, 0.25) is 0 Å². The van der Waals surface area contributed by atoms with E-state index in [-0.39, 0.29) is 5.82 Å². The second-order valence-electron chi connectivity index (χ2n) is 6.97. The zero-order chi connectivity index (χ0) is 17.9. The van der Waals surface area contributed by atoms with Gasteiger partial charge in [-0.15, -0.1) is 0 Å². The highest BCUT2D eigenvalue weighted by Crippen LogP contribution is 2.27. The average molecular weight is 349 g/mol. The molecule has 0 saturated carbocycles. The summed E-state index contributed by atoms with van der Waals surface area (Å²) in [5.41, 5.74) is 4.19. The number of pyridine rings is 1. The van der Waals surface area contributed by atoms with Crippen molar-refractivity contribution in [2.45, 2.75) is 13.3 Å². The molecule has 2 heterocycles. The number of hydrogen-bond donors (Lipinski definition) is 0. The molecule has 0 unspecified atom stereocenters. The predicted molar refractivity (Wildman–Crippen MR) is 105 cm³/mol. The number of hydrogen-bond acceptors (Lipinski definition) is 3. The Labute approximate surface area is 154 Å². The van der Waals surface area contributed by atoms with Crippen molar-refractivity contribution in [3.8, 4) is 0 Å². The van der Waals surface area contributed by atoms with Gasteiger partial charge in [-0.25, -0.2) is 4.39 Å². The van der Waals surface area contributed by atoms with Gasteiger partial charge in [0.2, 0.25) is 0 Å². The Morgan fingerprint density at radius 1 is 0.923 bits per heavy atom. The molecule has 0 radical (unpaired) electrons. The van der Waals surface area contributed by atoms with Crippen LogP contribution in [0.15, 0.2) is 54.6 Å². The Bertz CT molecular complexity index is 901. The lowest BCUT2D eigenvalue weighted by molar-refractivity contribution is 0.260. The van der Waals surface area contributed by atoms with E-state index in [2.05, 4.69) is 45.1 Å². The first-order valence-corrected chi connectivity index (χ1v) is 9.28. The smallest absolute Gasteiger partial charge is 0.126 e. The summed E-state index contributed by atoms with van der Waals surface area (Å²) in [6.45, 7) is 6.92. The van der Waals surface area contributed by atoms with Gasteiger partial charge < -0.3 is 4.90 Å². The van der Waals surface area contributed by atoms with Gasteiger partial charge in [-0.05, 0) is 49.2 Å². The van der Waals surface area contributed by atoms with Gasteiger partial charge in [-0.2, -0.15) is 0 Å². The Hall–Kier alpha value is -2.46. The fourth-order valence-corrected chi connectivity index (χ4v) is 3.71. The summed E-state index contributed by atoms with van der Waals surface area (Å²) < 4.78 is 13.8. The minimum absolute atomic E-state index is 0.0929. The minimum Gasteiger partial charge on any atom is -0.368 e. The number of anilines is 1. The fraction of sp³-hybridized carbons (Fsp3) is 0.318. The van der Waals surface area contributed by atoms with Crippen LogP contribution >= 0.6 is 0 Å². The standard InChI is InChI=1S/C22H24FN3/c1-17-9-10-19-21(24-17)7-4-8-22(19)26-15-13-25(14-16-26)12-11-18-5-2-3-6-20(18)23/h2-10H,11-16H2,1H3. The summed E-state index contributed by atoms with van der Waals surface area (Å²) in [5.74, 6) is -0.0929. The van der Waals surface area contributed by atoms with E-state index in [1.165, 1.54) is 11.1 Å². The van der Waals surface area contributed by atoms with Gasteiger partial charge in [0, 0.05) is 49.5 Å². The molecule has 0 spiro atoms. The Balaban J connectivity index is 1.40. The minimum atomic E-state index is -0.0929. The maximum absolute atomic E-state index is 13.8. The van der Waals surface area contributed by atoms with E-state index in [0.29, 0.717) is 0 Å². The summed E-state index contributed by atoms with van der Waals surface area (Å²) in [6.07, 6.45) is 0.768. The molecule has 1 aliphatic heterocycles. The van der Waals surface area contributed by atoms with Gasteiger partial charge in [0.1, 0.15) is 5.82 Å². The number of nitrogens with zero attached hydrogens (tertiary/aromatic N) is 3. The van der Waals surface area contributed by atoms with Crippen molar-refractivity contribution in [3.63, 3.8) is 0 Å². The molecule has 3 nitrogen and oxygen atoms in total. The predicted octanol–water partition coefficient (Wildman–Crippen LogP) is 4.05. The molecular formula is C22H24FN3. The van der Waals surface area contributed by atoms with Crippen molar-refractivity contribution in [1.29, 1.82) is 0 Å².